The fourth-order valence-electron chi connectivity index (χ4n) is 0.522. The van der Waals surface area contributed by atoms with Crippen molar-refractivity contribution in [3.05, 3.63) is 0 Å². The number of carboxylic acids is 1. The van der Waals surface area contributed by atoms with Crippen LogP contribution in [0.15, 0.2) is 0 Å². The molecule has 0 saturated carbocycles. The molecule has 0 amide bonds. The maximum absolute atomic E-state index is 10.8. The Hall–Kier alpha value is -0.660. The number of rotatable bonds is 7. The van der Waals surface area contributed by atoms with Gasteiger partial charge in [-0.25, -0.2) is 0 Å². The summed E-state index contributed by atoms with van der Waals surface area (Å²) in [7, 11) is -3.74. The van der Waals surface area contributed by atoms with Gasteiger partial charge in [0.1, 0.15) is 0 Å². The number of aliphatic hydroxyl groups excluding tert-OH is 1. The Morgan fingerprint density at radius 2 is 2.00 bits per heavy atom. The number of aliphatic carboxylic acids is 1. The average Bonchev–Trinajstić information content (AvgIpc) is 2.02. The number of carboxylic acid groups (broad SMARTS) is 1. The Labute approximate surface area is 76.3 Å². The molecule has 7 heteroatoms. The zero-order valence-electron chi connectivity index (χ0n) is 6.97. The second kappa shape index (κ2) is 5.90. The molecule has 0 bridgehead atoms. The Balaban J connectivity index is 3.74. The molecular weight excluding hydrogens is 200 g/mol. The van der Waals surface area contributed by atoms with Crippen molar-refractivity contribution >= 4 is 16.1 Å². The predicted molar refractivity (Wildman–Crippen MR) is 43.7 cm³/mol. The van der Waals surface area contributed by atoms with Crippen molar-refractivity contribution in [3.63, 3.8) is 0 Å². The average molecular weight is 212 g/mol. The number of aliphatic hydroxyl groups is 1. The lowest BCUT2D eigenvalue weighted by atomic mass is 10.5. The van der Waals surface area contributed by atoms with E-state index in [1.807, 2.05) is 0 Å². The van der Waals surface area contributed by atoms with Crippen LogP contribution in [0.25, 0.3) is 0 Å². The van der Waals surface area contributed by atoms with Gasteiger partial charge in [-0.2, -0.15) is 8.42 Å². The lowest BCUT2D eigenvalue weighted by molar-refractivity contribution is -0.136. The standard InChI is InChI=1S/C6H12O6S/c7-3-1-4-12-13(10,11)5-2-6(8)9/h7H,1-5H2,(H,8,9). The quantitative estimate of drug-likeness (QED) is 0.423. The zero-order chi connectivity index (χ0) is 10.3. The van der Waals surface area contributed by atoms with Gasteiger partial charge in [-0.3, -0.25) is 8.98 Å². The third kappa shape index (κ3) is 7.69. The number of hydrogen-bond donors (Lipinski definition) is 2. The maximum atomic E-state index is 10.8. The number of hydrogen-bond acceptors (Lipinski definition) is 5. The van der Waals surface area contributed by atoms with Crippen LogP contribution in [0.1, 0.15) is 12.8 Å². The molecule has 0 aromatic carbocycles. The highest BCUT2D eigenvalue weighted by Crippen LogP contribution is 1.97. The van der Waals surface area contributed by atoms with Crippen molar-refractivity contribution < 1.29 is 27.6 Å². The third-order valence-corrected chi connectivity index (χ3v) is 2.36. The molecule has 0 spiro atoms. The van der Waals surface area contributed by atoms with Crippen LogP contribution in [0.4, 0.5) is 0 Å². The van der Waals surface area contributed by atoms with E-state index in [9.17, 15) is 13.2 Å². The molecule has 0 atom stereocenters. The largest absolute Gasteiger partial charge is 0.481 e. The Bertz CT molecular complexity index is 244. The summed E-state index contributed by atoms with van der Waals surface area (Å²) in [5.74, 6) is -1.72. The van der Waals surface area contributed by atoms with Gasteiger partial charge in [0.25, 0.3) is 10.1 Å². The third-order valence-electron chi connectivity index (χ3n) is 1.13. The van der Waals surface area contributed by atoms with Crippen LogP contribution >= 0.6 is 0 Å². The Morgan fingerprint density at radius 1 is 1.38 bits per heavy atom. The van der Waals surface area contributed by atoms with Crippen molar-refractivity contribution in [1.29, 1.82) is 0 Å². The van der Waals surface area contributed by atoms with E-state index in [2.05, 4.69) is 4.18 Å². The van der Waals surface area contributed by atoms with Crippen LogP contribution in [0.2, 0.25) is 0 Å². The van der Waals surface area contributed by atoms with Crippen LogP contribution < -0.4 is 0 Å². The monoisotopic (exact) mass is 212 g/mol. The van der Waals surface area contributed by atoms with E-state index >= 15 is 0 Å². The summed E-state index contributed by atoms with van der Waals surface area (Å²) in [5, 5.41) is 16.5. The zero-order valence-corrected chi connectivity index (χ0v) is 7.79. The van der Waals surface area contributed by atoms with Crippen molar-refractivity contribution in [1.82, 2.24) is 0 Å². The SMILES string of the molecule is O=C(O)CCS(=O)(=O)OCCCO. The Kier molecular flexibility index (Phi) is 5.60. The van der Waals surface area contributed by atoms with E-state index in [-0.39, 0.29) is 19.6 Å². The normalized spacial score (nSPS) is 11.5. The highest BCUT2D eigenvalue weighted by molar-refractivity contribution is 7.86. The molecule has 0 aromatic heterocycles. The second-order valence-electron chi connectivity index (χ2n) is 2.30. The van der Waals surface area contributed by atoms with Gasteiger partial charge >= 0.3 is 5.97 Å². The van der Waals surface area contributed by atoms with Crippen molar-refractivity contribution in [2.24, 2.45) is 0 Å². The minimum absolute atomic E-state index is 0.113. The molecule has 78 valence electrons. The van der Waals surface area contributed by atoms with Gasteiger partial charge in [0, 0.05) is 6.61 Å². The van der Waals surface area contributed by atoms with Crippen LogP contribution in [0, 0.1) is 0 Å². The summed E-state index contributed by atoms with van der Waals surface area (Å²) in [6.45, 7) is -0.271. The van der Waals surface area contributed by atoms with Crippen molar-refractivity contribution in [2.75, 3.05) is 19.0 Å². The molecule has 0 heterocycles. The first-order valence-electron chi connectivity index (χ1n) is 3.67. The fourth-order valence-corrected chi connectivity index (χ4v) is 1.44. The van der Waals surface area contributed by atoms with Gasteiger partial charge < -0.3 is 10.2 Å². The molecule has 13 heavy (non-hydrogen) atoms. The number of carbonyl (C=O) groups is 1. The van der Waals surface area contributed by atoms with E-state index in [0.717, 1.165) is 0 Å². The van der Waals surface area contributed by atoms with Gasteiger partial charge in [-0.1, -0.05) is 0 Å². The minimum Gasteiger partial charge on any atom is -0.481 e. The minimum atomic E-state index is -3.74. The smallest absolute Gasteiger partial charge is 0.304 e. The molecule has 0 radical (unpaired) electrons. The van der Waals surface area contributed by atoms with E-state index in [1.165, 1.54) is 0 Å². The summed E-state index contributed by atoms with van der Waals surface area (Å²) in [5.41, 5.74) is 0. The topological polar surface area (TPSA) is 101 Å². The maximum Gasteiger partial charge on any atom is 0.304 e. The van der Waals surface area contributed by atoms with Gasteiger partial charge in [0.15, 0.2) is 0 Å². The lowest BCUT2D eigenvalue weighted by Gasteiger charge is -2.02. The summed E-state index contributed by atoms with van der Waals surface area (Å²) in [6.07, 6.45) is -0.256. The molecule has 0 unspecified atom stereocenters. The summed E-state index contributed by atoms with van der Waals surface area (Å²) >= 11 is 0. The van der Waals surface area contributed by atoms with Gasteiger partial charge in [0.05, 0.1) is 18.8 Å². The van der Waals surface area contributed by atoms with Crippen molar-refractivity contribution in [3.8, 4) is 0 Å². The van der Waals surface area contributed by atoms with E-state index in [4.69, 9.17) is 10.2 Å². The Morgan fingerprint density at radius 3 is 2.46 bits per heavy atom. The molecule has 0 fully saturated rings. The van der Waals surface area contributed by atoms with Gasteiger partial charge in [0.2, 0.25) is 0 Å². The predicted octanol–water partition coefficient (Wildman–Crippen LogP) is -0.810. The summed E-state index contributed by atoms with van der Waals surface area (Å²) < 4.78 is 26.1. The van der Waals surface area contributed by atoms with Gasteiger partial charge in [-0.15, -0.1) is 0 Å². The molecule has 6 nitrogen and oxygen atoms in total. The highest BCUT2D eigenvalue weighted by Gasteiger charge is 2.12. The first-order valence-corrected chi connectivity index (χ1v) is 5.25. The molecule has 0 aliphatic heterocycles. The molecule has 0 rings (SSSR count). The first kappa shape index (κ1) is 12.3. The van der Waals surface area contributed by atoms with E-state index < -0.39 is 28.3 Å². The molecule has 0 aliphatic carbocycles. The van der Waals surface area contributed by atoms with Crippen LogP contribution in [-0.2, 0) is 19.1 Å². The molecule has 2 N–H and O–H groups in total. The highest BCUT2D eigenvalue weighted by atomic mass is 32.2. The second-order valence-corrected chi connectivity index (χ2v) is 4.06. The molecular formula is C6H12O6S. The molecule has 0 aliphatic rings. The molecule has 0 saturated heterocycles. The van der Waals surface area contributed by atoms with Crippen LogP contribution in [0.5, 0.6) is 0 Å². The first-order chi connectivity index (χ1) is 5.98. The summed E-state index contributed by atoms with van der Waals surface area (Å²) in [4.78, 5) is 10.0. The van der Waals surface area contributed by atoms with Gasteiger partial charge in [-0.05, 0) is 6.42 Å². The van der Waals surface area contributed by atoms with Crippen molar-refractivity contribution in [2.45, 2.75) is 12.8 Å². The van der Waals surface area contributed by atoms with Crippen LogP contribution in [0.3, 0.4) is 0 Å². The van der Waals surface area contributed by atoms with E-state index in [1.54, 1.807) is 0 Å². The van der Waals surface area contributed by atoms with E-state index in [0.29, 0.717) is 0 Å². The lowest BCUT2D eigenvalue weighted by Crippen LogP contribution is -2.14. The molecule has 0 aromatic rings. The summed E-state index contributed by atoms with van der Waals surface area (Å²) in [6, 6.07) is 0. The fraction of sp³-hybridized carbons (Fsp3) is 0.833. The van der Waals surface area contributed by atoms with Crippen LogP contribution in [-0.4, -0.2) is 43.6 Å².